The molecule has 0 bridgehead atoms. The third kappa shape index (κ3) is 8.29. The molecule has 11 heteroatoms. The Morgan fingerprint density at radius 3 is 2.76 bits per heavy atom. The smallest absolute Gasteiger partial charge is 0.256 e. The minimum Gasteiger partial charge on any atom is -0.492 e. The Hall–Kier alpha value is -4.74. The molecule has 242 valence electrons. The second-order valence-electron chi connectivity index (χ2n) is 11.4. The van der Waals surface area contributed by atoms with Crippen LogP contribution in [-0.4, -0.2) is 61.1 Å². The van der Waals surface area contributed by atoms with Crippen molar-refractivity contribution >= 4 is 29.3 Å². The number of nitrogens with zero attached hydrogens (tertiary/aromatic N) is 3. The van der Waals surface area contributed by atoms with Crippen LogP contribution in [0.15, 0.2) is 71.8 Å². The number of rotatable bonds is 13. The van der Waals surface area contributed by atoms with Crippen LogP contribution in [0.1, 0.15) is 60.2 Å². The summed E-state index contributed by atoms with van der Waals surface area (Å²) in [5.41, 5.74) is 10.2. The zero-order valence-electron chi connectivity index (χ0n) is 26.8. The number of amides is 1. The lowest BCUT2D eigenvalue weighted by Gasteiger charge is -2.36. The summed E-state index contributed by atoms with van der Waals surface area (Å²) in [6.45, 7) is 7.06. The first-order valence-corrected chi connectivity index (χ1v) is 15.7. The maximum absolute atomic E-state index is 13.1. The molecule has 3 aromatic rings. The van der Waals surface area contributed by atoms with E-state index < -0.39 is 0 Å². The summed E-state index contributed by atoms with van der Waals surface area (Å²) in [5, 5.41) is 9.70. The molecule has 2 aliphatic heterocycles. The highest BCUT2D eigenvalue weighted by molar-refractivity contribution is 6.03. The van der Waals surface area contributed by atoms with E-state index in [1.54, 1.807) is 24.5 Å². The number of aromatic nitrogens is 2. The van der Waals surface area contributed by atoms with Gasteiger partial charge in [-0.25, -0.2) is 15.0 Å². The molecule has 1 aromatic carbocycles. The van der Waals surface area contributed by atoms with Crippen molar-refractivity contribution < 1.29 is 19.0 Å². The Balaban J connectivity index is 1.18. The number of ether oxygens (including phenoxy) is 3. The molecule has 4 heterocycles. The number of nitrogens with two attached hydrogens (primary N) is 1. The zero-order chi connectivity index (χ0) is 32.4. The molecule has 5 rings (SSSR count). The number of hydrogen-bond donors (Lipinski definition) is 4. The summed E-state index contributed by atoms with van der Waals surface area (Å²) >= 11 is 0. The zero-order valence-corrected chi connectivity index (χ0v) is 26.8. The minimum absolute atomic E-state index is 0.105. The van der Waals surface area contributed by atoms with Gasteiger partial charge in [0.05, 0.1) is 18.3 Å². The van der Waals surface area contributed by atoms with Crippen molar-refractivity contribution in [3.63, 3.8) is 0 Å². The molecule has 1 amide bonds. The van der Waals surface area contributed by atoms with Crippen molar-refractivity contribution in [2.45, 2.75) is 51.6 Å². The van der Waals surface area contributed by atoms with E-state index in [4.69, 9.17) is 24.9 Å². The summed E-state index contributed by atoms with van der Waals surface area (Å²) in [6.07, 6.45) is 12.3. The first kappa shape index (κ1) is 32.6. The van der Waals surface area contributed by atoms with E-state index in [-0.39, 0.29) is 11.4 Å². The summed E-state index contributed by atoms with van der Waals surface area (Å²) in [6, 6.07) is 11.0. The van der Waals surface area contributed by atoms with E-state index in [1.807, 2.05) is 63.5 Å². The van der Waals surface area contributed by atoms with E-state index in [2.05, 4.69) is 25.9 Å². The van der Waals surface area contributed by atoms with Gasteiger partial charge in [0.25, 0.3) is 5.91 Å². The third-order valence-corrected chi connectivity index (χ3v) is 8.23. The van der Waals surface area contributed by atoms with Gasteiger partial charge in [-0.2, -0.15) is 0 Å². The number of anilines is 2. The number of carbonyl (C=O) groups excluding carboxylic acids is 1. The van der Waals surface area contributed by atoms with E-state index in [0.717, 1.165) is 59.5 Å². The van der Waals surface area contributed by atoms with Crippen LogP contribution in [-0.2, 0) is 17.7 Å². The van der Waals surface area contributed by atoms with Gasteiger partial charge in [0.2, 0.25) is 0 Å². The number of carbonyl (C=O) groups is 1. The highest BCUT2D eigenvalue weighted by Gasteiger charge is 2.31. The number of hydrogen-bond acceptors (Lipinski definition) is 10. The quantitative estimate of drug-likeness (QED) is 0.191. The topological polar surface area (TPSA) is 145 Å². The Kier molecular flexibility index (Phi) is 11.0. The first-order valence-electron chi connectivity index (χ1n) is 15.7. The lowest BCUT2D eigenvalue weighted by atomic mass is 9.91. The van der Waals surface area contributed by atoms with E-state index in [1.165, 1.54) is 0 Å². The van der Waals surface area contributed by atoms with Crippen LogP contribution in [0.4, 0.5) is 11.6 Å². The Morgan fingerprint density at radius 2 is 2.00 bits per heavy atom. The number of fused-ring (bicyclic) bond motifs is 1. The van der Waals surface area contributed by atoms with Gasteiger partial charge in [-0.1, -0.05) is 19.1 Å². The van der Waals surface area contributed by atoms with Crippen molar-refractivity contribution in [3.8, 4) is 11.5 Å². The van der Waals surface area contributed by atoms with Crippen LogP contribution in [0.3, 0.4) is 0 Å². The van der Waals surface area contributed by atoms with Gasteiger partial charge >= 0.3 is 0 Å². The van der Waals surface area contributed by atoms with Crippen LogP contribution < -0.4 is 31.2 Å². The lowest BCUT2D eigenvalue weighted by molar-refractivity contribution is 0.0205. The predicted molar refractivity (Wildman–Crippen MR) is 181 cm³/mol. The fourth-order valence-electron chi connectivity index (χ4n) is 5.39. The second-order valence-corrected chi connectivity index (χ2v) is 11.4. The molecule has 46 heavy (non-hydrogen) atoms. The minimum atomic E-state index is -0.242. The first-order chi connectivity index (χ1) is 22.4. The molecule has 0 atom stereocenters. The number of pyridine rings is 2. The summed E-state index contributed by atoms with van der Waals surface area (Å²) in [4.78, 5) is 26.4. The molecule has 11 nitrogen and oxygen atoms in total. The molecule has 5 N–H and O–H groups in total. The molecule has 1 saturated heterocycles. The lowest BCUT2D eigenvalue weighted by Crippen LogP contribution is -2.52. The molecule has 0 spiro atoms. The Bertz CT molecular complexity index is 1590. The Morgan fingerprint density at radius 1 is 1.15 bits per heavy atom. The average Bonchev–Trinajstić information content (AvgIpc) is 3.58. The SMILES string of the molecule is CC/C=C(N)/N=C\C=C(/C)c1cnc(NCc2cccc(C(=O)Nc3ccc(OCC4(NC)CCOCC4)cn3)c2)c2c1OCC2. The molecule has 0 saturated carbocycles. The van der Waals surface area contributed by atoms with Crippen molar-refractivity contribution in [1.82, 2.24) is 15.3 Å². The number of allylic oxidation sites excluding steroid dienone is 3. The standard InChI is InChI=1S/C35H43N7O4/c1-4-6-30(36)38-15-11-24(2)29-22-41-33(28-12-16-45-32(28)29)40-20-25-7-5-8-26(19-25)34(43)42-31-10-9-27(21-39-31)46-23-35(37-3)13-17-44-18-14-35/h5-11,15,19,21-22,37H,4,12-14,16-18,20,23,36H2,1-3H3,(H,40,41)(H,39,42,43)/b24-11+,30-6+,38-15-. The van der Waals surface area contributed by atoms with Crippen molar-refractivity contribution in [2.24, 2.45) is 10.7 Å². The van der Waals surface area contributed by atoms with Gasteiger partial charge in [0.1, 0.15) is 35.6 Å². The van der Waals surface area contributed by atoms with Gasteiger partial charge in [0.15, 0.2) is 0 Å². The molecular weight excluding hydrogens is 582 g/mol. The van der Waals surface area contributed by atoms with Crippen LogP contribution in [0.25, 0.3) is 5.57 Å². The van der Waals surface area contributed by atoms with Gasteiger partial charge < -0.3 is 35.9 Å². The van der Waals surface area contributed by atoms with Gasteiger partial charge in [-0.15, -0.1) is 0 Å². The van der Waals surface area contributed by atoms with Crippen LogP contribution in [0.2, 0.25) is 0 Å². The van der Waals surface area contributed by atoms with Crippen LogP contribution in [0.5, 0.6) is 11.5 Å². The van der Waals surface area contributed by atoms with Gasteiger partial charge in [-0.3, -0.25) is 4.79 Å². The third-order valence-electron chi connectivity index (χ3n) is 8.23. The van der Waals surface area contributed by atoms with Crippen LogP contribution in [0, 0.1) is 0 Å². The van der Waals surface area contributed by atoms with Crippen LogP contribution >= 0.6 is 0 Å². The number of benzene rings is 1. The number of likely N-dealkylation sites (N-methyl/N-ethyl adjacent to an activating group) is 1. The van der Waals surface area contributed by atoms with Crippen molar-refractivity contribution in [1.29, 1.82) is 0 Å². The van der Waals surface area contributed by atoms with E-state index in [0.29, 0.717) is 55.9 Å². The molecule has 0 unspecified atom stereocenters. The summed E-state index contributed by atoms with van der Waals surface area (Å²) in [5.74, 6) is 2.95. The predicted octanol–water partition coefficient (Wildman–Crippen LogP) is 5.11. The molecule has 2 aliphatic rings. The van der Waals surface area contributed by atoms with Crippen molar-refractivity contribution in [3.05, 3.63) is 89.0 Å². The highest BCUT2D eigenvalue weighted by Crippen LogP contribution is 2.37. The van der Waals surface area contributed by atoms with E-state index in [9.17, 15) is 4.79 Å². The monoisotopic (exact) mass is 625 g/mol. The molecule has 0 radical (unpaired) electrons. The highest BCUT2D eigenvalue weighted by atomic mass is 16.5. The second kappa shape index (κ2) is 15.5. The van der Waals surface area contributed by atoms with E-state index >= 15 is 0 Å². The Labute approximate surface area is 270 Å². The average molecular weight is 626 g/mol. The number of aliphatic imine (C=N–C) groups is 1. The van der Waals surface area contributed by atoms with Gasteiger partial charge in [0, 0.05) is 55.3 Å². The molecule has 2 aromatic heterocycles. The summed E-state index contributed by atoms with van der Waals surface area (Å²) in [7, 11) is 1.95. The normalized spacial score (nSPS) is 16.2. The van der Waals surface area contributed by atoms with Gasteiger partial charge in [-0.05, 0) is 80.8 Å². The maximum atomic E-state index is 13.1. The molecule has 0 aliphatic carbocycles. The maximum Gasteiger partial charge on any atom is 0.256 e. The molecule has 1 fully saturated rings. The molecular formula is C35H43N7O4. The summed E-state index contributed by atoms with van der Waals surface area (Å²) < 4.78 is 17.5. The fourth-order valence-corrected chi connectivity index (χ4v) is 5.39. The van der Waals surface area contributed by atoms with Crippen molar-refractivity contribution in [2.75, 3.05) is 44.1 Å². The fraction of sp³-hybridized carbons (Fsp3) is 0.371. The largest absolute Gasteiger partial charge is 0.492 e. The number of nitrogens with one attached hydrogen (secondary N) is 3.